The van der Waals surface area contributed by atoms with Gasteiger partial charge in [0.1, 0.15) is 10.7 Å². The van der Waals surface area contributed by atoms with Gasteiger partial charge < -0.3 is 11.1 Å². The third-order valence-corrected chi connectivity index (χ3v) is 3.76. The summed E-state index contributed by atoms with van der Waals surface area (Å²) in [5, 5.41) is 8.33. The van der Waals surface area contributed by atoms with Gasteiger partial charge in [-0.1, -0.05) is 0 Å². The number of anilines is 1. The molecule has 1 aliphatic heterocycles. The van der Waals surface area contributed by atoms with E-state index in [-0.39, 0.29) is 16.6 Å². The summed E-state index contributed by atoms with van der Waals surface area (Å²) in [6.45, 7) is 1.61. The van der Waals surface area contributed by atoms with Crippen LogP contribution in [0.15, 0.2) is 17.2 Å². The van der Waals surface area contributed by atoms with Gasteiger partial charge in [-0.2, -0.15) is 0 Å². The molecule has 5 N–H and O–H groups in total. The summed E-state index contributed by atoms with van der Waals surface area (Å²) < 4.78 is 22.9. The van der Waals surface area contributed by atoms with Crippen molar-refractivity contribution in [3.8, 4) is 0 Å². The SMILES string of the molecule is Nc1nccc(C2CCNC2)c1S(N)(=O)=O. The minimum atomic E-state index is -3.82. The van der Waals surface area contributed by atoms with Crippen molar-refractivity contribution < 1.29 is 8.42 Å². The van der Waals surface area contributed by atoms with E-state index in [1.165, 1.54) is 6.20 Å². The highest BCUT2D eigenvalue weighted by Gasteiger charge is 2.26. The highest BCUT2D eigenvalue weighted by Crippen LogP contribution is 2.30. The van der Waals surface area contributed by atoms with Gasteiger partial charge in [0, 0.05) is 12.7 Å². The van der Waals surface area contributed by atoms with Gasteiger partial charge in [0.2, 0.25) is 10.0 Å². The quantitative estimate of drug-likeness (QED) is 0.640. The Balaban J connectivity index is 2.56. The van der Waals surface area contributed by atoms with E-state index in [0.717, 1.165) is 19.5 Å². The molecule has 0 radical (unpaired) electrons. The molecule has 0 aliphatic carbocycles. The smallest absolute Gasteiger partial charge is 0.242 e. The average molecular weight is 242 g/mol. The Bertz CT molecular complexity index is 494. The molecule has 0 spiro atoms. The topological polar surface area (TPSA) is 111 Å². The number of pyridine rings is 1. The highest BCUT2D eigenvalue weighted by atomic mass is 32.2. The first-order valence-electron chi connectivity index (χ1n) is 4.98. The van der Waals surface area contributed by atoms with Crippen molar-refractivity contribution in [2.75, 3.05) is 18.8 Å². The Morgan fingerprint density at radius 3 is 2.81 bits per heavy atom. The van der Waals surface area contributed by atoms with Crippen molar-refractivity contribution in [1.82, 2.24) is 10.3 Å². The fourth-order valence-electron chi connectivity index (χ4n) is 2.03. The predicted molar refractivity (Wildman–Crippen MR) is 60.3 cm³/mol. The molecule has 16 heavy (non-hydrogen) atoms. The number of hydrogen-bond donors (Lipinski definition) is 3. The van der Waals surface area contributed by atoms with Gasteiger partial charge in [-0.15, -0.1) is 0 Å². The number of rotatable bonds is 2. The molecule has 0 saturated carbocycles. The van der Waals surface area contributed by atoms with Crippen LogP contribution in [0.1, 0.15) is 17.9 Å². The molecule has 6 nitrogen and oxygen atoms in total. The summed E-state index contributed by atoms with van der Waals surface area (Å²) in [5.74, 6) is 0.116. The molecule has 0 aromatic carbocycles. The van der Waals surface area contributed by atoms with E-state index >= 15 is 0 Å². The molecule has 1 aliphatic rings. The number of nitrogens with two attached hydrogens (primary N) is 2. The summed E-state index contributed by atoms with van der Waals surface area (Å²) in [6.07, 6.45) is 2.39. The van der Waals surface area contributed by atoms with Crippen LogP contribution in [-0.2, 0) is 10.0 Å². The highest BCUT2D eigenvalue weighted by molar-refractivity contribution is 7.89. The molecule has 1 atom stereocenters. The van der Waals surface area contributed by atoms with Gasteiger partial charge in [0.25, 0.3) is 0 Å². The first-order valence-corrected chi connectivity index (χ1v) is 6.52. The van der Waals surface area contributed by atoms with Gasteiger partial charge in [0.05, 0.1) is 0 Å². The zero-order valence-electron chi connectivity index (χ0n) is 8.68. The van der Waals surface area contributed by atoms with Crippen LogP contribution < -0.4 is 16.2 Å². The van der Waals surface area contributed by atoms with Crippen LogP contribution >= 0.6 is 0 Å². The third-order valence-electron chi connectivity index (χ3n) is 2.75. The number of hydrogen-bond acceptors (Lipinski definition) is 5. The molecule has 1 aromatic heterocycles. The van der Waals surface area contributed by atoms with Gasteiger partial charge in [-0.25, -0.2) is 18.5 Å². The second-order valence-corrected chi connectivity index (χ2v) is 5.35. The maximum Gasteiger partial charge on any atom is 0.242 e. The number of nitrogens with one attached hydrogen (secondary N) is 1. The number of primary sulfonamides is 1. The van der Waals surface area contributed by atoms with Crippen LogP contribution in [0.2, 0.25) is 0 Å². The monoisotopic (exact) mass is 242 g/mol. The molecule has 0 bridgehead atoms. The van der Waals surface area contributed by atoms with Gasteiger partial charge in [-0.05, 0) is 30.5 Å². The predicted octanol–water partition coefficient (Wildman–Crippen LogP) is -0.612. The van der Waals surface area contributed by atoms with E-state index in [1.807, 2.05) is 0 Å². The van der Waals surface area contributed by atoms with Gasteiger partial charge >= 0.3 is 0 Å². The Hall–Kier alpha value is -1.18. The average Bonchev–Trinajstić information content (AvgIpc) is 2.67. The fraction of sp³-hybridized carbons (Fsp3) is 0.444. The summed E-state index contributed by atoms with van der Waals surface area (Å²) in [5.41, 5.74) is 6.25. The van der Waals surface area contributed by atoms with E-state index in [9.17, 15) is 8.42 Å². The van der Waals surface area contributed by atoms with Crippen LogP contribution in [0, 0.1) is 0 Å². The Morgan fingerprint density at radius 1 is 1.50 bits per heavy atom. The lowest BCUT2D eigenvalue weighted by Crippen LogP contribution is -2.19. The molecule has 2 heterocycles. The Labute approximate surface area is 94.1 Å². The Kier molecular flexibility index (Phi) is 2.83. The molecular formula is C9H14N4O2S. The molecule has 1 aromatic rings. The lowest BCUT2D eigenvalue weighted by molar-refractivity contribution is 0.594. The first-order chi connectivity index (χ1) is 7.50. The molecule has 1 saturated heterocycles. The van der Waals surface area contributed by atoms with Crippen LogP contribution in [0.4, 0.5) is 5.82 Å². The summed E-state index contributed by atoms with van der Waals surface area (Å²) >= 11 is 0. The second kappa shape index (κ2) is 4.00. The van der Waals surface area contributed by atoms with Gasteiger partial charge in [-0.3, -0.25) is 0 Å². The van der Waals surface area contributed by atoms with Crippen molar-refractivity contribution in [2.45, 2.75) is 17.2 Å². The molecule has 0 amide bonds. The number of aromatic nitrogens is 1. The maximum absolute atomic E-state index is 11.5. The minimum absolute atomic E-state index is 0.0214. The van der Waals surface area contributed by atoms with Crippen LogP contribution in [-0.4, -0.2) is 26.5 Å². The standard InChI is InChI=1S/C9H14N4O2S/c10-9-8(16(11,14)15)7(2-4-13-9)6-1-3-12-5-6/h2,4,6,12H,1,3,5H2,(H2,10,13)(H2,11,14,15). The van der Waals surface area contributed by atoms with Crippen molar-refractivity contribution in [3.63, 3.8) is 0 Å². The first kappa shape index (κ1) is 11.3. The molecule has 7 heteroatoms. The van der Waals surface area contributed by atoms with E-state index < -0.39 is 10.0 Å². The van der Waals surface area contributed by atoms with E-state index in [4.69, 9.17) is 10.9 Å². The summed E-state index contributed by atoms with van der Waals surface area (Å²) in [7, 11) is -3.82. The van der Waals surface area contributed by atoms with Crippen molar-refractivity contribution >= 4 is 15.8 Å². The molecular weight excluding hydrogens is 228 g/mol. The lowest BCUT2D eigenvalue weighted by atomic mass is 9.99. The number of sulfonamides is 1. The molecule has 1 unspecified atom stereocenters. The number of nitrogens with zero attached hydrogens (tertiary/aromatic N) is 1. The van der Waals surface area contributed by atoms with Crippen LogP contribution in [0.25, 0.3) is 0 Å². The molecule has 2 rings (SSSR count). The minimum Gasteiger partial charge on any atom is -0.383 e. The Morgan fingerprint density at radius 2 is 2.25 bits per heavy atom. The van der Waals surface area contributed by atoms with Crippen molar-refractivity contribution in [2.24, 2.45) is 5.14 Å². The van der Waals surface area contributed by atoms with Gasteiger partial charge in [0.15, 0.2) is 0 Å². The van der Waals surface area contributed by atoms with Crippen LogP contribution in [0.3, 0.4) is 0 Å². The van der Waals surface area contributed by atoms with Crippen molar-refractivity contribution in [1.29, 1.82) is 0 Å². The normalized spacial score (nSPS) is 21.2. The third kappa shape index (κ3) is 2.01. The second-order valence-electron chi connectivity index (χ2n) is 3.85. The number of nitrogen functional groups attached to an aromatic ring is 1. The molecule has 1 fully saturated rings. The zero-order valence-corrected chi connectivity index (χ0v) is 9.50. The van der Waals surface area contributed by atoms with E-state index in [2.05, 4.69) is 10.3 Å². The van der Waals surface area contributed by atoms with E-state index in [1.54, 1.807) is 6.07 Å². The summed E-state index contributed by atoms with van der Waals surface area (Å²) in [4.78, 5) is 3.75. The van der Waals surface area contributed by atoms with E-state index in [0.29, 0.717) is 5.56 Å². The zero-order chi connectivity index (χ0) is 11.8. The lowest BCUT2D eigenvalue weighted by Gasteiger charge is -2.14. The van der Waals surface area contributed by atoms with Crippen molar-refractivity contribution in [3.05, 3.63) is 17.8 Å². The van der Waals surface area contributed by atoms with Crippen LogP contribution in [0.5, 0.6) is 0 Å². The molecule has 88 valence electrons. The maximum atomic E-state index is 11.5. The largest absolute Gasteiger partial charge is 0.383 e. The fourth-order valence-corrected chi connectivity index (χ4v) is 2.94. The summed E-state index contributed by atoms with van der Waals surface area (Å²) in [6, 6.07) is 1.67.